The number of H-pyrrole nitrogens is 4. The SMILES string of the molecule is O=c1c2ccc([nH]2)c(O)c2ccc([nH]2)c(-c2ccccc2)c2cc(O)c([nH]2)c(=O)c2ccc1[nH]2. The highest BCUT2D eigenvalue weighted by atomic mass is 16.3. The van der Waals surface area contributed by atoms with E-state index in [1.165, 1.54) is 18.2 Å². The summed E-state index contributed by atoms with van der Waals surface area (Å²) in [5.41, 5.74) is 3.28. The molecule has 5 aromatic heterocycles. The van der Waals surface area contributed by atoms with Crippen LogP contribution in [0.15, 0.2) is 82.4 Å². The Hall–Kier alpha value is -4.98. The Labute approximate surface area is 190 Å². The van der Waals surface area contributed by atoms with Crippen LogP contribution in [-0.2, 0) is 0 Å². The Balaban J connectivity index is 1.87. The second-order valence-corrected chi connectivity index (χ2v) is 8.05. The Morgan fingerprint density at radius 1 is 0.529 bits per heavy atom. The molecular formula is C26H18N4O4. The molecule has 0 fully saturated rings. The molecule has 34 heavy (non-hydrogen) atoms. The van der Waals surface area contributed by atoms with Crippen molar-refractivity contribution < 1.29 is 10.2 Å². The molecule has 166 valence electrons. The quantitative estimate of drug-likeness (QED) is 0.219. The van der Waals surface area contributed by atoms with Crippen LogP contribution in [0.25, 0.3) is 55.3 Å². The van der Waals surface area contributed by atoms with Crippen molar-refractivity contribution in [2.75, 3.05) is 0 Å². The topological polar surface area (TPSA) is 138 Å². The molecule has 0 saturated carbocycles. The number of benzene rings is 1. The smallest absolute Gasteiger partial charge is 0.229 e. The predicted molar refractivity (Wildman–Crippen MR) is 133 cm³/mol. The van der Waals surface area contributed by atoms with Gasteiger partial charge >= 0.3 is 0 Å². The van der Waals surface area contributed by atoms with E-state index in [0.717, 1.165) is 5.56 Å². The van der Waals surface area contributed by atoms with E-state index in [-0.39, 0.29) is 39.0 Å². The van der Waals surface area contributed by atoms with Gasteiger partial charge in [-0.25, -0.2) is 0 Å². The molecule has 1 aromatic carbocycles. The van der Waals surface area contributed by atoms with Gasteiger partial charge in [-0.1, -0.05) is 30.3 Å². The number of aromatic nitrogens is 4. The first kappa shape index (κ1) is 19.7. The summed E-state index contributed by atoms with van der Waals surface area (Å²) in [5.74, 6) is -0.266. The third kappa shape index (κ3) is 3.01. The lowest BCUT2D eigenvalue weighted by molar-refractivity contribution is 0.482. The van der Waals surface area contributed by atoms with E-state index in [0.29, 0.717) is 27.6 Å². The first-order chi connectivity index (χ1) is 16.5. The Morgan fingerprint density at radius 3 is 1.74 bits per heavy atom. The van der Waals surface area contributed by atoms with Gasteiger partial charge in [0.2, 0.25) is 10.9 Å². The van der Waals surface area contributed by atoms with Crippen molar-refractivity contribution in [3.8, 4) is 22.6 Å². The molecule has 8 heteroatoms. The maximum absolute atomic E-state index is 13.2. The van der Waals surface area contributed by atoms with Gasteiger partial charge < -0.3 is 30.1 Å². The van der Waals surface area contributed by atoms with Crippen molar-refractivity contribution >= 4 is 44.1 Å². The van der Waals surface area contributed by atoms with Gasteiger partial charge in [0.05, 0.1) is 33.1 Å². The Bertz CT molecular complexity index is 1930. The number of nitrogens with one attached hydrogen (secondary N) is 4. The average Bonchev–Trinajstić information content (AvgIpc) is 3.65. The van der Waals surface area contributed by atoms with E-state index < -0.39 is 5.43 Å². The third-order valence-electron chi connectivity index (χ3n) is 5.93. The maximum Gasteiger partial charge on any atom is 0.229 e. The summed E-state index contributed by atoms with van der Waals surface area (Å²) in [4.78, 5) is 38.1. The van der Waals surface area contributed by atoms with Gasteiger partial charge in [-0.3, -0.25) is 9.59 Å². The van der Waals surface area contributed by atoms with Crippen LogP contribution >= 0.6 is 0 Å². The van der Waals surface area contributed by atoms with Crippen molar-refractivity contribution in [1.82, 2.24) is 19.9 Å². The summed E-state index contributed by atoms with van der Waals surface area (Å²) in [7, 11) is 0. The number of fused-ring (bicyclic) bond motifs is 8. The molecule has 0 spiro atoms. The van der Waals surface area contributed by atoms with E-state index in [9.17, 15) is 19.8 Å². The zero-order chi connectivity index (χ0) is 23.4. The van der Waals surface area contributed by atoms with Crippen molar-refractivity contribution in [1.29, 1.82) is 0 Å². The molecule has 5 heterocycles. The van der Waals surface area contributed by atoms with Gasteiger partial charge in [0.1, 0.15) is 11.3 Å². The van der Waals surface area contributed by atoms with Crippen molar-refractivity contribution in [3.05, 3.63) is 93.2 Å². The standard InChI is InChI=1S/C26H18N4O4/c31-21-12-20-22(13-4-2-1-3-5-13)14-6-7-15(27-14)24(32)16-8-9-17(28-16)25(33)18-10-11-19(29-18)26(34)23(21)30-20/h1-12,27-32H. The largest absolute Gasteiger partial charge is 0.506 e. The fourth-order valence-corrected chi connectivity index (χ4v) is 4.24. The van der Waals surface area contributed by atoms with Crippen LogP contribution in [0.3, 0.4) is 0 Å². The summed E-state index contributed by atoms with van der Waals surface area (Å²) in [6, 6.07) is 20.7. The highest BCUT2D eigenvalue weighted by molar-refractivity contribution is 5.95. The van der Waals surface area contributed by atoms with Gasteiger partial charge in [-0.15, -0.1) is 0 Å². The second kappa shape index (κ2) is 7.28. The molecule has 8 nitrogen and oxygen atoms in total. The number of hydrogen-bond donors (Lipinski definition) is 6. The fraction of sp³-hybridized carbons (Fsp3) is 0. The summed E-state index contributed by atoms with van der Waals surface area (Å²) < 4.78 is 0. The molecule has 0 aliphatic rings. The minimum Gasteiger partial charge on any atom is -0.506 e. The number of rotatable bonds is 1. The number of aromatic hydroxyl groups is 2. The van der Waals surface area contributed by atoms with Gasteiger partial charge in [0, 0.05) is 17.1 Å². The van der Waals surface area contributed by atoms with Crippen molar-refractivity contribution in [3.63, 3.8) is 0 Å². The summed E-state index contributed by atoms with van der Waals surface area (Å²) in [6.07, 6.45) is 0. The Morgan fingerprint density at radius 2 is 1.06 bits per heavy atom. The van der Waals surface area contributed by atoms with E-state index in [4.69, 9.17) is 0 Å². The minimum atomic E-state index is -0.479. The van der Waals surface area contributed by atoms with E-state index in [1.54, 1.807) is 24.3 Å². The molecule has 0 atom stereocenters. The van der Waals surface area contributed by atoms with Crippen LogP contribution in [0.4, 0.5) is 0 Å². The first-order valence-electron chi connectivity index (χ1n) is 10.6. The molecule has 6 rings (SSSR count). The highest BCUT2D eigenvalue weighted by Crippen LogP contribution is 2.32. The zero-order valence-electron chi connectivity index (χ0n) is 17.6. The maximum atomic E-state index is 13.2. The van der Waals surface area contributed by atoms with Crippen LogP contribution < -0.4 is 10.9 Å². The molecular weight excluding hydrogens is 432 g/mol. The molecule has 0 saturated heterocycles. The van der Waals surface area contributed by atoms with E-state index >= 15 is 0 Å². The number of aromatic amines is 4. The van der Waals surface area contributed by atoms with Crippen LogP contribution in [0.2, 0.25) is 0 Å². The molecule has 0 aliphatic heterocycles. The summed E-state index contributed by atoms with van der Waals surface area (Å²) in [5, 5.41) is 21.5. The molecule has 0 amide bonds. The molecule has 6 N–H and O–H groups in total. The van der Waals surface area contributed by atoms with Crippen LogP contribution in [-0.4, -0.2) is 30.1 Å². The van der Waals surface area contributed by atoms with Gasteiger partial charge in [-0.2, -0.15) is 0 Å². The van der Waals surface area contributed by atoms with Crippen molar-refractivity contribution in [2.45, 2.75) is 0 Å². The molecule has 6 aromatic rings. The van der Waals surface area contributed by atoms with E-state index in [2.05, 4.69) is 19.9 Å². The van der Waals surface area contributed by atoms with E-state index in [1.807, 2.05) is 30.3 Å². The lowest BCUT2D eigenvalue weighted by atomic mass is 10.1. The molecule has 0 aliphatic carbocycles. The van der Waals surface area contributed by atoms with Crippen LogP contribution in [0.5, 0.6) is 11.5 Å². The summed E-state index contributed by atoms with van der Waals surface area (Å²) >= 11 is 0. The first-order valence-corrected chi connectivity index (χ1v) is 10.6. The van der Waals surface area contributed by atoms with Gasteiger partial charge in [0.25, 0.3) is 0 Å². The second-order valence-electron chi connectivity index (χ2n) is 8.05. The minimum absolute atomic E-state index is 0.000256. The molecule has 8 bridgehead atoms. The Kier molecular flexibility index (Phi) is 4.21. The van der Waals surface area contributed by atoms with Crippen LogP contribution in [0, 0.1) is 0 Å². The highest BCUT2D eigenvalue weighted by Gasteiger charge is 2.12. The predicted octanol–water partition coefficient (Wildman–Crippen LogP) is 4.53. The third-order valence-corrected chi connectivity index (χ3v) is 5.93. The van der Waals surface area contributed by atoms with Crippen LogP contribution in [0.1, 0.15) is 0 Å². The number of hydrogen-bond acceptors (Lipinski definition) is 4. The van der Waals surface area contributed by atoms with Gasteiger partial charge in [0.15, 0.2) is 5.75 Å². The summed E-state index contributed by atoms with van der Waals surface area (Å²) in [6.45, 7) is 0. The lowest BCUT2D eigenvalue weighted by Crippen LogP contribution is -2.01. The molecule has 0 unspecified atom stereocenters. The zero-order valence-corrected chi connectivity index (χ0v) is 17.6. The molecule has 0 radical (unpaired) electrons. The lowest BCUT2D eigenvalue weighted by Gasteiger charge is -2.02. The fourth-order valence-electron chi connectivity index (χ4n) is 4.24. The normalized spacial score (nSPS) is 11.4. The average molecular weight is 450 g/mol. The van der Waals surface area contributed by atoms with Gasteiger partial charge in [-0.05, 0) is 42.0 Å². The monoisotopic (exact) mass is 450 g/mol. The van der Waals surface area contributed by atoms with Crippen molar-refractivity contribution in [2.24, 2.45) is 0 Å².